The predicted octanol–water partition coefficient (Wildman–Crippen LogP) is 2.95. The van der Waals surface area contributed by atoms with E-state index in [1.54, 1.807) is 0 Å². The first-order valence-electron chi connectivity index (χ1n) is 5.79. The molecule has 3 rings (SSSR count). The number of nitrogens with one attached hydrogen (secondary N) is 2. The number of carbonyl (C=O) groups excluding carboxylic acids is 2. The monoisotopic (exact) mass is 274 g/mol. The van der Waals surface area contributed by atoms with Gasteiger partial charge in [0, 0.05) is 24.8 Å². The first-order chi connectivity index (χ1) is 9.06. The van der Waals surface area contributed by atoms with Gasteiger partial charge in [-0.3, -0.25) is 9.59 Å². The SMILES string of the molecule is CC(=O)Nc1cc2ccc1=2.CC(=O)Nc1cccs1. The maximum Gasteiger partial charge on any atom is 0.221 e. The Bertz CT molecular complexity index is 693. The van der Waals surface area contributed by atoms with Gasteiger partial charge in [-0.15, -0.1) is 11.3 Å². The fourth-order valence-corrected chi connectivity index (χ4v) is 2.27. The summed E-state index contributed by atoms with van der Waals surface area (Å²) in [5.41, 5.74) is 0.963. The van der Waals surface area contributed by atoms with E-state index in [2.05, 4.69) is 10.6 Å². The summed E-state index contributed by atoms with van der Waals surface area (Å²) in [6, 6.07) is 9.76. The molecular weight excluding hydrogens is 260 g/mol. The molecule has 2 aliphatic carbocycles. The Labute approximate surface area is 114 Å². The van der Waals surface area contributed by atoms with Crippen molar-refractivity contribution in [2.45, 2.75) is 13.8 Å². The highest BCUT2D eigenvalue weighted by Crippen LogP contribution is 2.20. The van der Waals surface area contributed by atoms with E-state index in [0.717, 1.165) is 10.7 Å². The van der Waals surface area contributed by atoms with E-state index in [4.69, 9.17) is 0 Å². The predicted molar refractivity (Wildman–Crippen MR) is 77.0 cm³/mol. The van der Waals surface area contributed by atoms with Crippen molar-refractivity contribution < 1.29 is 9.59 Å². The van der Waals surface area contributed by atoms with Crippen LogP contribution in [0.25, 0.3) is 0 Å². The highest BCUT2D eigenvalue weighted by Gasteiger charge is 2.05. The second-order valence-electron chi connectivity index (χ2n) is 4.10. The number of carbonyl (C=O) groups is 2. The van der Waals surface area contributed by atoms with E-state index < -0.39 is 0 Å². The van der Waals surface area contributed by atoms with Gasteiger partial charge in [0.15, 0.2) is 0 Å². The fraction of sp³-hybridized carbons (Fsp3) is 0.143. The average Bonchev–Trinajstić information content (AvgIpc) is 2.77. The molecule has 4 nitrogen and oxygen atoms in total. The van der Waals surface area contributed by atoms with Crippen LogP contribution in [0.1, 0.15) is 13.8 Å². The summed E-state index contributed by atoms with van der Waals surface area (Å²) in [6.45, 7) is 3.02. The van der Waals surface area contributed by atoms with Crippen LogP contribution >= 0.6 is 11.3 Å². The zero-order valence-corrected chi connectivity index (χ0v) is 11.5. The lowest BCUT2D eigenvalue weighted by Crippen LogP contribution is -2.09. The highest BCUT2D eigenvalue weighted by atomic mass is 32.1. The smallest absolute Gasteiger partial charge is 0.221 e. The lowest BCUT2D eigenvalue weighted by molar-refractivity contribution is -0.115. The van der Waals surface area contributed by atoms with Crippen LogP contribution in [0.15, 0.2) is 35.7 Å². The maximum absolute atomic E-state index is 10.5. The lowest BCUT2D eigenvalue weighted by Gasteiger charge is -2.10. The molecule has 0 radical (unpaired) electrons. The van der Waals surface area contributed by atoms with E-state index in [0.29, 0.717) is 0 Å². The van der Waals surface area contributed by atoms with Crippen LogP contribution in [0.3, 0.4) is 0 Å². The van der Waals surface area contributed by atoms with E-state index in [1.807, 2.05) is 35.7 Å². The van der Waals surface area contributed by atoms with Crippen molar-refractivity contribution in [3.05, 3.63) is 46.1 Å². The van der Waals surface area contributed by atoms with Crippen LogP contribution in [0.4, 0.5) is 10.7 Å². The van der Waals surface area contributed by atoms with Gasteiger partial charge in [-0.25, -0.2) is 0 Å². The Balaban J connectivity index is 0.000000141. The maximum atomic E-state index is 10.5. The van der Waals surface area contributed by atoms with Gasteiger partial charge >= 0.3 is 0 Å². The summed E-state index contributed by atoms with van der Waals surface area (Å²) in [5, 5.41) is 10.7. The average molecular weight is 274 g/mol. The van der Waals surface area contributed by atoms with Crippen molar-refractivity contribution in [1.82, 2.24) is 0 Å². The molecule has 98 valence electrons. The van der Waals surface area contributed by atoms with E-state index >= 15 is 0 Å². The standard InChI is InChI=1S/C8H7NO.C6H7NOS/c1-5(10)9-8-4-6-2-3-7(6)8;1-5(8)7-6-3-2-4-9-6/h2-4H,1H3,(H,9,10);2-4H,1H3,(H,7,8). The van der Waals surface area contributed by atoms with Gasteiger partial charge in [0.1, 0.15) is 0 Å². The Morgan fingerprint density at radius 2 is 1.79 bits per heavy atom. The molecule has 0 bridgehead atoms. The number of amides is 2. The zero-order chi connectivity index (χ0) is 13.8. The molecule has 2 N–H and O–H groups in total. The molecule has 1 heterocycles. The van der Waals surface area contributed by atoms with Crippen LogP contribution in [-0.2, 0) is 9.59 Å². The second-order valence-corrected chi connectivity index (χ2v) is 5.05. The third-order valence-corrected chi connectivity index (χ3v) is 3.25. The molecule has 0 unspecified atom stereocenters. The Hall–Kier alpha value is -2.14. The number of benzene rings is 1. The molecule has 0 spiro atoms. The molecule has 0 aromatic carbocycles. The Morgan fingerprint density at radius 3 is 2.16 bits per heavy atom. The van der Waals surface area contributed by atoms with Crippen molar-refractivity contribution >= 4 is 33.8 Å². The first-order valence-corrected chi connectivity index (χ1v) is 6.67. The van der Waals surface area contributed by atoms with Crippen molar-refractivity contribution in [3.63, 3.8) is 0 Å². The molecule has 5 heteroatoms. The molecule has 19 heavy (non-hydrogen) atoms. The van der Waals surface area contributed by atoms with Gasteiger partial charge in [0.25, 0.3) is 0 Å². The zero-order valence-electron chi connectivity index (χ0n) is 10.7. The molecular formula is C14H14N2O2S. The first kappa shape index (κ1) is 13.3. The number of anilines is 2. The van der Waals surface area contributed by atoms with Crippen LogP contribution in [0.2, 0.25) is 0 Å². The highest BCUT2D eigenvalue weighted by molar-refractivity contribution is 7.14. The van der Waals surface area contributed by atoms with Gasteiger partial charge in [-0.2, -0.15) is 0 Å². The van der Waals surface area contributed by atoms with E-state index in [-0.39, 0.29) is 11.8 Å². The largest absolute Gasteiger partial charge is 0.326 e. The second kappa shape index (κ2) is 5.67. The quantitative estimate of drug-likeness (QED) is 0.755. The van der Waals surface area contributed by atoms with E-state index in [1.165, 1.54) is 35.6 Å². The van der Waals surface area contributed by atoms with Crippen molar-refractivity contribution in [2.75, 3.05) is 10.6 Å². The lowest BCUT2D eigenvalue weighted by atomic mass is 10.0. The Kier molecular flexibility index (Phi) is 3.97. The molecule has 0 fully saturated rings. The van der Waals surface area contributed by atoms with Crippen LogP contribution < -0.4 is 10.6 Å². The normalized spacial score (nSPS) is 10.0. The van der Waals surface area contributed by atoms with Gasteiger partial charge < -0.3 is 10.6 Å². The van der Waals surface area contributed by atoms with Crippen LogP contribution in [0.5, 0.6) is 0 Å². The van der Waals surface area contributed by atoms with Gasteiger partial charge in [0.05, 0.1) is 5.00 Å². The number of thiophene rings is 1. The number of hydrogen-bond donors (Lipinski definition) is 2. The minimum atomic E-state index is -0.0162. The molecule has 1 aromatic rings. The van der Waals surface area contributed by atoms with Crippen molar-refractivity contribution in [2.24, 2.45) is 0 Å². The summed E-state index contributed by atoms with van der Waals surface area (Å²) < 4.78 is 0. The summed E-state index contributed by atoms with van der Waals surface area (Å²) in [7, 11) is 0. The molecule has 1 aromatic heterocycles. The van der Waals surface area contributed by atoms with Crippen LogP contribution in [0, 0.1) is 10.4 Å². The van der Waals surface area contributed by atoms with Crippen molar-refractivity contribution in [3.8, 4) is 0 Å². The summed E-state index contributed by atoms with van der Waals surface area (Å²) in [6.07, 6.45) is 0. The minimum Gasteiger partial charge on any atom is -0.326 e. The third kappa shape index (κ3) is 3.42. The van der Waals surface area contributed by atoms with Gasteiger partial charge in [0.2, 0.25) is 11.8 Å². The van der Waals surface area contributed by atoms with Crippen molar-refractivity contribution in [1.29, 1.82) is 0 Å². The molecule has 0 saturated heterocycles. The summed E-state index contributed by atoms with van der Waals surface area (Å²) in [5.74, 6) is -0.0180. The number of hydrogen-bond acceptors (Lipinski definition) is 3. The van der Waals surface area contributed by atoms with E-state index in [9.17, 15) is 9.59 Å². The van der Waals surface area contributed by atoms with Gasteiger partial charge in [-0.05, 0) is 28.8 Å². The summed E-state index contributed by atoms with van der Waals surface area (Å²) >= 11 is 1.52. The third-order valence-electron chi connectivity index (χ3n) is 2.46. The molecule has 0 atom stereocenters. The number of rotatable bonds is 2. The molecule has 0 saturated carbocycles. The molecule has 0 aliphatic heterocycles. The topological polar surface area (TPSA) is 58.2 Å². The molecule has 2 aliphatic rings. The Morgan fingerprint density at radius 1 is 1.05 bits per heavy atom. The minimum absolute atomic E-state index is 0.00176. The molecule has 2 amide bonds. The fourth-order valence-electron chi connectivity index (χ4n) is 1.61. The van der Waals surface area contributed by atoms with Crippen LogP contribution in [-0.4, -0.2) is 11.8 Å². The van der Waals surface area contributed by atoms with Gasteiger partial charge in [-0.1, -0.05) is 12.1 Å². The summed E-state index contributed by atoms with van der Waals surface area (Å²) in [4.78, 5) is 20.9.